The molecule has 78 valence electrons. The van der Waals surface area contributed by atoms with Gasteiger partial charge in [0.25, 0.3) is 0 Å². The monoisotopic (exact) mass is 258 g/mol. The zero-order chi connectivity index (χ0) is 10.6. The summed E-state index contributed by atoms with van der Waals surface area (Å²) < 4.78 is 5.49. The summed E-state index contributed by atoms with van der Waals surface area (Å²) in [4.78, 5) is 0. The number of rotatable bonds is 4. The summed E-state index contributed by atoms with van der Waals surface area (Å²) in [5.41, 5.74) is 1.98. The molecule has 0 bridgehead atoms. The molecule has 0 heterocycles. The number of hydrogen-bond donors (Lipinski definition) is 1. The molecule has 0 aliphatic carbocycles. The molecule has 0 aliphatic heterocycles. The summed E-state index contributed by atoms with van der Waals surface area (Å²) in [6, 6.07) is 5.75. The Kier molecular flexibility index (Phi) is 4.42. The van der Waals surface area contributed by atoms with Crippen molar-refractivity contribution in [1.82, 2.24) is 0 Å². The molecule has 1 atom stereocenters. The van der Waals surface area contributed by atoms with Crippen molar-refractivity contribution in [3.63, 3.8) is 0 Å². The van der Waals surface area contributed by atoms with Gasteiger partial charge in [0.15, 0.2) is 0 Å². The van der Waals surface area contributed by atoms with E-state index in [1.165, 1.54) is 0 Å². The molecule has 0 fully saturated rings. The van der Waals surface area contributed by atoms with Gasteiger partial charge in [0.05, 0.1) is 12.7 Å². The number of aliphatic hydroxyl groups excluding tert-OH is 1. The van der Waals surface area contributed by atoms with Crippen LogP contribution in [0.2, 0.25) is 0 Å². The predicted octanol–water partition coefficient (Wildman–Crippen LogP) is 2.82. The minimum absolute atomic E-state index is 0.418. The number of aryl methyl sites for hydroxylation is 1. The van der Waals surface area contributed by atoms with Crippen LogP contribution in [0.4, 0.5) is 0 Å². The highest BCUT2D eigenvalue weighted by atomic mass is 79.9. The molecule has 2 nitrogen and oxygen atoms in total. The highest BCUT2D eigenvalue weighted by Gasteiger charge is 2.04. The molecular weight excluding hydrogens is 244 g/mol. The Labute approximate surface area is 93.0 Å². The minimum atomic E-state index is -0.418. The van der Waals surface area contributed by atoms with E-state index >= 15 is 0 Å². The minimum Gasteiger partial charge on any atom is -0.492 e. The lowest BCUT2D eigenvalue weighted by Crippen LogP contribution is -2.00. The molecule has 0 saturated heterocycles. The molecule has 1 aromatic rings. The third-order valence-corrected chi connectivity index (χ3v) is 2.34. The topological polar surface area (TPSA) is 29.5 Å². The van der Waals surface area contributed by atoms with Gasteiger partial charge < -0.3 is 9.84 Å². The van der Waals surface area contributed by atoms with Crippen molar-refractivity contribution in [2.75, 3.05) is 11.9 Å². The lowest BCUT2D eigenvalue weighted by Gasteiger charge is -2.10. The summed E-state index contributed by atoms with van der Waals surface area (Å²) in [7, 11) is 0. The lowest BCUT2D eigenvalue weighted by atomic mass is 10.1. The number of benzene rings is 1. The number of aliphatic hydroxyl groups is 1. The molecule has 1 aromatic carbocycles. The van der Waals surface area contributed by atoms with Crippen LogP contribution < -0.4 is 4.74 Å². The van der Waals surface area contributed by atoms with Gasteiger partial charge in [-0.2, -0.15) is 0 Å². The summed E-state index contributed by atoms with van der Waals surface area (Å²) in [5.74, 6) is 0.883. The van der Waals surface area contributed by atoms with Crippen LogP contribution in [0.5, 0.6) is 5.75 Å². The maximum Gasteiger partial charge on any atom is 0.122 e. The molecule has 0 spiro atoms. The van der Waals surface area contributed by atoms with Crippen molar-refractivity contribution >= 4 is 15.9 Å². The maximum atomic E-state index is 9.37. The first kappa shape index (κ1) is 11.5. The zero-order valence-corrected chi connectivity index (χ0v) is 10.0. The Balaban J connectivity index is 2.79. The highest BCUT2D eigenvalue weighted by molar-refractivity contribution is 9.09. The normalized spacial score (nSPS) is 12.6. The summed E-state index contributed by atoms with van der Waals surface area (Å²) in [5, 5.41) is 10.2. The second-order valence-electron chi connectivity index (χ2n) is 3.24. The van der Waals surface area contributed by atoms with Crippen molar-refractivity contribution in [3.8, 4) is 5.75 Å². The van der Waals surface area contributed by atoms with E-state index in [9.17, 15) is 5.11 Å². The first-order chi connectivity index (χ1) is 6.65. The largest absolute Gasteiger partial charge is 0.492 e. The fourth-order valence-electron chi connectivity index (χ4n) is 1.24. The van der Waals surface area contributed by atoms with E-state index in [0.29, 0.717) is 6.61 Å². The van der Waals surface area contributed by atoms with Crippen molar-refractivity contribution in [1.29, 1.82) is 0 Å². The van der Waals surface area contributed by atoms with E-state index in [4.69, 9.17) is 4.74 Å². The third-order valence-electron chi connectivity index (χ3n) is 2.02. The van der Waals surface area contributed by atoms with Crippen molar-refractivity contribution < 1.29 is 9.84 Å². The van der Waals surface area contributed by atoms with E-state index in [2.05, 4.69) is 15.9 Å². The van der Waals surface area contributed by atoms with Crippen LogP contribution in [0.15, 0.2) is 18.2 Å². The second kappa shape index (κ2) is 5.37. The van der Waals surface area contributed by atoms with Crippen LogP contribution in [0.1, 0.15) is 24.2 Å². The van der Waals surface area contributed by atoms with Crippen LogP contribution in [0.25, 0.3) is 0 Å². The fraction of sp³-hybridized carbons (Fsp3) is 0.455. The Hall–Kier alpha value is -0.540. The van der Waals surface area contributed by atoms with Crippen LogP contribution in [-0.4, -0.2) is 17.0 Å². The predicted molar refractivity (Wildman–Crippen MR) is 61.1 cm³/mol. The molecule has 1 N–H and O–H groups in total. The van der Waals surface area contributed by atoms with Crippen LogP contribution in [0.3, 0.4) is 0 Å². The molecule has 14 heavy (non-hydrogen) atoms. The van der Waals surface area contributed by atoms with Crippen LogP contribution >= 0.6 is 15.9 Å². The van der Waals surface area contributed by atoms with Gasteiger partial charge in [-0.05, 0) is 37.1 Å². The lowest BCUT2D eigenvalue weighted by molar-refractivity contribution is 0.199. The van der Waals surface area contributed by atoms with Gasteiger partial charge in [0.1, 0.15) is 5.75 Å². The number of halogens is 1. The second-order valence-corrected chi connectivity index (χ2v) is 4.03. The Morgan fingerprint density at radius 1 is 1.50 bits per heavy atom. The maximum absolute atomic E-state index is 9.37. The van der Waals surface area contributed by atoms with Crippen molar-refractivity contribution in [2.45, 2.75) is 20.0 Å². The molecule has 3 heteroatoms. The summed E-state index contributed by atoms with van der Waals surface area (Å²) in [6.07, 6.45) is -0.418. The quantitative estimate of drug-likeness (QED) is 0.842. The number of ether oxygens (including phenoxy) is 1. The summed E-state index contributed by atoms with van der Waals surface area (Å²) in [6.45, 7) is 4.40. The third kappa shape index (κ3) is 3.00. The van der Waals surface area contributed by atoms with E-state index in [-0.39, 0.29) is 0 Å². The molecule has 0 amide bonds. The molecule has 1 rings (SSSR count). The summed E-state index contributed by atoms with van der Waals surface area (Å²) >= 11 is 3.30. The fourth-order valence-corrected chi connectivity index (χ4v) is 1.40. The zero-order valence-electron chi connectivity index (χ0n) is 8.46. The standard InChI is InChI=1S/C11H15BrO2/c1-8-7-10(9(2)13)3-4-11(8)14-6-5-12/h3-4,7,9,13H,5-6H2,1-2H3. The molecule has 0 aliphatic rings. The van der Waals surface area contributed by atoms with Crippen molar-refractivity contribution in [3.05, 3.63) is 29.3 Å². The molecule has 1 unspecified atom stereocenters. The van der Waals surface area contributed by atoms with E-state index in [1.54, 1.807) is 6.92 Å². The average Bonchev–Trinajstić information content (AvgIpc) is 2.15. The number of alkyl halides is 1. The van der Waals surface area contributed by atoms with Gasteiger partial charge in [-0.1, -0.05) is 22.0 Å². The Bertz CT molecular complexity index is 297. The SMILES string of the molecule is Cc1cc(C(C)O)ccc1OCCBr. The van der Waals surface area contributed by atoms with Crippen molar-refractivity contribution in [2.24, 2.45) is 0 Å². The van der Waals surface area contributed by atoms with Gasteiger partial charge in [-0.3, -0.25) is 0 Å². The first-order valence-electron chi connectivity index (χ1n) is 4.62. The van der Waals surface area contributed by atoms with E-state index in [0.717, 1.165) is 22.2 Å². The van der Waals surface area contributed by atoms with Gasteiger partial charge in [0, 0.05) is 5.33 Å². The molecule has 0 aromatic heterocycles. The Morgan fingerprint density at radius 2 is 2.21 bits per heavy atom. The van der Waals surface area contributed by atoms with Crippen LogP contribution in [0, 0.1) is 6.92 Å². The van der Waals surface area contributed by atoms with E-state index in [1.807, 2.05) is 25.1 Å². The molecule has 0 radical (unpaired) electrons. The van der Waals surface area contributed by atoms with Crippen LogP contribution in [-0.2, 0) is 0 Å². The van der Waals surface area contributed by atoms with Gasteiger partial charge in [-0.15, -0.1) is 0 Å². The first-order valence-corrected chi connectivity index (χ1v) is 5.74. The smallest absolute Gasteiger partial charge is 0.122 e. The highest BCUT2D eigenvalue weighted by Crippen LogP contribution is 2.22. The van der Waals surface area contributed by atoms with E-state index < -0.39 is 6.10 Å². The van der Waals surface area contributed by atoms with Gasteiger partial charge >= 0.3 is 0 Å². The average molecular weight is 259 g/mol. The molecule has 0 saturated carbocycles. The van der Waals surface area contributed by atoms with Gasteiger partial charge in [0.2, 0.25) is 0 Å². The molecular formula is C11H15BrO2. The van der Waals surface area contributed by atoms with Gasteiger partial charge in [-0.25, -0.2) is 0 Å². The number of hydrogen-bond acceptors (Lipinski definition) is 2. The Morgan fingerprint density at radius 3 is 2.71 bits per heavy atom.